The van der Waals surface area contributed by atoms with Gasteiger partial charge in [-0.2, -0.15) is 11.8 Å². The fourth-order valence-corrected chi connectivity index (χ4v) is 3.67. The second kappa shape index (κ2) is 7.07. The van der Waals surface area contributed by atoms with Gasteiger partial charge < -0.3 is 14.2 Å². The van der Waals surface area contributed by atoms with Crippen LogP contribution in [0.3, 0.4) is 0 Å². The van der Waals surface area contributed by atoms with Crippen LogP contribution in [-0.2, 0) is 15.3 Å². The Labute approximate surface area is 130 Å². The SMILES string of the molecule is COC(=O)CC1(CSCc2cc(OC)ccc2OC)CC1. The van der Waals surface area contributed by atoms with E-state index in [1.807, 2.05) is 30.0 Å². The molecule has 21 heavy (non-hydrogen) atoms. The summed E-state index contributed by atoms with van der Waals surface area (Å²) >= 11 is 1.83. The van der Waals surface area contributed by atoms with Gasteiger partial charge in [0, 0.05) is 11.3 Å². The molecule has 0 radical (unpaired) electrons. The van der Waals surface area contributed by atoms with E-state index in [9.17, 15) is 4.79 Å². The molecule has 1 aliphatic rings. The Morgan fingerprint density at radius 2 is 2.00 bits per heavy atom. The lowest BCUT2D eigenvalue weighted by molar-refractivity contribution is -0.141. The maximum Gasteiger partial charge on any atom is 0.306 e. The minimum Gasteiger partial charge on any atom is -0.497 e. The predicted molar refractivity (Wildman–Crippen MR) is 84.0 cm³/mol. The lowest BCUT2D eigenvalue weighted by Crippen LogP contribution is -2.13. The van der Waals surface area contributed by atoms with E-state index in [1.54, 1.807) is 14.2 Å². The fraction of sp³-hybridized carbons (Fsp3) is 0.562. The summed E-state index contributed by atoms with van der Waals surface area (Å²) in [6, 6.07) is 5.83. The highest BCUT2D eigenvalue weighted by molar-refractivity contribution is 7.98. The molecule has 1 aliphatic carbocycles. The fourth-order valence-electron chi connectivity index (χ4n) is 2.30. The molecule has 0 aromatic heterocycles. The summed E-state index contributed by atoms with van der Waals surface area (Å²) in [5, 5.41) is 0. The Hall–Kier alpha value is -1.36. The molecule has 5 heteroatoms. The Morgan fingerprint density at radius 1 is 1.24 bits per heavy atom. The first kappa shape index (κ1) is 16.0. The van der Waals surface area contributed by atoms with Crippen LogP contribution >= 0.6 is 11.8 Å². The van der Waals surface area contributed by atoms with E-state index in [0.29, 0.717) is 6.42 Å². The van der Waals surface area contributed by atoms with Gasteiger partial charge in [0.2, 0.25) is 0 Å². The van der Waals surface area contributed by atoms with E-state index in [-0.39, 0.29) is 11.4 Å². The highest BCUT2D eigenvalue weighted by Gasteiger charge is 2.44. The average molecular weight is 310 g/mol. The zero-order chi connectivity index (χ0) is 15.3. The number of esters is 1. The molecule has 0 spiro atoms. The third-order valence-electron chi connectivity index (χ3n) is 3.86. The minimum atomic E-state index is -0.105. The number of carbonyl (C=O) groups excluding carboxylic acids is 1. The molecule has 0 amide bonds. The quantitative estimate of drug-likeness (QED) is 0.690. The summed E-state index contributed by atoms with van der Waals surface area (Å²) in [5.74, 6) is 3.43. The van der Waals surface area contributed by atoms with Crippen LogP contribution in [0.25, 0.3) is 0 Å². The van der Waals surface area contributed by atoms with Crippen molar-refractivity contribution in [2.45, 2.75) is 25.0 Å². The number of rotatable bonds is 8. The van der Waals surface area contributed by atoms with Crippen LogP contribution in [0.5, 0.6) is 11.5 Å². The minimum absolute atomic E-state index is 0.105. The van der Waals surface area contributed by atoms with Crippen LogP contribution in [0.1, 0.15) is 24.8 Å². The van der Waals surface area contributed by atoms with Gasteiger partial charge in [-0.1, -0.05) is 0 Å². The maximum atomic E-state index is 11.4. The third kappa shape index (κ3) is 4.30. The predicted octanol–water partition coefficient (Wildman–Crippen LogP) is 3.28. The van der Waals surface area contributed by atoms with E-state index in [1.165, 1.54) is 7.11 Å². The van der Waals surface area contributed by atoms with Crippen molar-refractivity contribution in [3.8, 4) is 11.5 Å². The highest BCUT2D eigenvalue weighted by Crippen LogP contribution is 2.51. The van der Waals surface area contributed by atoms with Crippen LogP contribution in [0.4, 0.5) is 0 Å². The van der Waals surface area contributed by atoms with Crippen molar-refractivity contribution in [2.24, 2.45) is 5.41 Å². The number of hydrogen-bond donors (Lipinski definition) is 0. The van der Waals surface area contributed by atoms with E-state index in [0.717, 1.165) is 41.4 Å². The standard InChI is InChI=1S/C16H22O4S/c1-18-13-4-5-14(19-2)12(8-13)10-21-11-16(6-7-16)9-15(17)20-3/h4-5,8H,6-7,9-11H2,1-3H3. The lowest BCUT2D eigenvalue weighted by Gasteiger charge is -2.14. The average Bonchev–Trinajstić information content (AvgIpc) is 3.26. The van der Waals surface area contributed by atoms with Gasteiger partial charge in [0.15, 0.2) is 0 Å². The number of ether oxygens (including phenoxy) is 3. The molecule has 1 aromatic carbocycles. The molecule has 1 aromatic rings. The highest BCUT2D eigenvalue weighted by atomic mass is 32.2. The van der Waals surface area contributed by atoms with E-state index < -0.39 is 0 Å². The first-order valence-electron chi connectivity index (χ1n) is 6.98. The van der Waals surface area contributed by atoms with Crippen molar-refractivity contribution in [3.05, 3.63) is 23.8 Å². The van der Waals surface area contributed by atoms with Crippen molar-refractivity contribution in [3.63, 3.8) is 0 Å². The zero-order valence-electron chi connectivity index (χ0n) is 12.8. The Bertz CT molecular complexity index is 497. The van der Waals surface area contributed by atoms with Crippen LogP contribution in [0.2, 0.25) is 0 Å². The molecule has 116 valence electrons. The summed E-state index contributed by atoms with van der Waals surface area (Å²) in [7, 11) is 4.79. The Balaban J connectivity index is 1.90. The second-order valence-electron chi connectivity index (χ2n) is 5.42. The normalized spacial score (nSPS) is 15.4. The van der Waals surface area contributed by atoms with Crippen molar-refractivity contribution >= 4 is 17.7 Å². The smallest absolute Gasteiger partial charge is 0.306 e. The van der Waals surface area contributed by atoms with Crippen LogP contribution in [-0.4, -0.2) is 33.1 Å². The summed E-state index contributed by atoms with van der Waals surface area (Å²) in [4.78, 5) is 11.4. The molecular weight excluding hydrogens is 288 g/mol. The monoisotopic (exact) mass is 310 g/mol. The van der Waals surface area contributed by atoms with Gasteiger partial charge in [-0.3, -0.25) is 4.79 Å². The van der Waals surface area contributed by atoms with E-state index in [4.69, 9.17) is 14.2 Å². The third-order valence-corrected chi connectivity index (χ3v) is 5.19. The van der Waals surface area contributed by atoms with Gasteiger partial charge in [-0.25, -0.2) is 0 Å². The summed E-state index contributed by atoms with van der Waals surface area (Å²) in [5.41, 5.74) is 1.28. The molecule has 0 aliphatic heterocycles. The summed E-state index contributed by atoms with van der Waals surface area (Å²) in [6.45, 7) is 0. The van der Waals surface area contributed by atoms with Crippen LogP contribution < -0.4 is 9.47 Å². The van der Waals surface area contributed by atoms with Gasteiger partial charge in [-0.15, -0.1) is 0 Å². The van der Waals surface area contributed by atoms with E-state index >= 15 is 0 Å². The van der Waals surface area contributed by atoms with Crippen molar-refractivity contribution in [1.29, 1.82) is 0 Å². The first-order valence-corrected chi connectivity index (χ1v) is 8.13. The number of benzene rings is 1. The molecular formula is C16H22O4S. The molecule has 0 saturated heterocycles. The van der Waals surface area contributed by atoms with Gasteiger partial charge in [0.25, 0.3) is 0 Å². The number of carbonyl (C=O) groups is 1. The topological polar surface area (TPSA) is 44.8 Å². The molecule has 0 unspecified atom stereocenters. The van der Waals surface area contributed by atoms with Crippen molar-refractivity contribution in [1.82, 2.24) is 0 Å². The summed E-state index contributed by atoms with van der Waals surface area (Å²) < 4.78 is 15.4. The van der Waals surface area contributed by atoms with Gasteiger partial charge in [0.05, 0.1) is 27.8 Å². The maximum absolute atomic E-state index is 11.4. The molecule has 2 rings (SSSR count). The van der Waals surface area contributed by atoms with Crippen molar-refractivity contribution < 1.29 is 19.0 Å². The molecule has 0 bridgehead atoms. The number of methoxy groups -OCH3 is 3. The Kier molecular flexibility index (Phi) is 5.39. The number of hydrogen-bond acceptors (Lipinski definition) is 5. The molecule has 4 nitrogen and oxygen atoms in total. The first-order chi connectivity index (χ1) is 10.1. The lowest BCUT2D eigenvalue weighted by atomic mass is 10.1. The van der Waals surface area contributed by atoms with Gasteiger partial charge in [0.1, 0.15) is 11.5 Å². The largest absolute Gasteiger partial charge is 0.497 e. The number of thioether (sulfide) groups is 1. The second-order valence-corrected chi connectivity index (χ2v) is 6.41. The molecule has 0 atom stereocenters. The van der Waals surface area contributed by atoms with Crippen LogP contribution in [0, 0.1) is 5.41 Å². The molecule has 1 fully saturated rings. The molecule has 0 heterocycles. The molecule has 1 saturated carbocycles. The van der Waals surface area contributed by atoms with Gasteiger partial charge in [-0.05, 0) is 42.2 Å². The van der Waals surface area contributed by atoms with Crippen LogP contribution in [0.15, 0.2) is 18.2 Å². The van der Waals surface area contributed by atoms with E-state index in [2.05, 4.69) is 0 Å². The Morgan fingerprint density at radius 3 is 2.57 bits per heavy atom. The van der Waals surface area contributed by atoms with Crippen molar-refractivity contribution in [2.75, 3.05) is 27.1 Å². The summed E-state index contributed by atoms with van der Waals surface area (Å²) in [6.07, 6.45) is 2.76. The zero-order valence-corrected chi connectivity index (χ0v) is 13.6. The molecule has 0 N–H and O–H groups in total. The van der Waals surface area contributed by atoms with Gasteiger partial charge >= 0.3 is 5.97 Å².